The molecule has 2 N–H and O–H groups in total. The van der Waals surface area contributed by atoms with Gasteiger partial charge >= 0.3 is 0 Å². The first-order valence-electron chi connectivity index (χ1n) is 9.25. The molecule has 1 fully saturated rings. The Hall–Kier alpha value is -2.38. The fourth-order valence-corrected chi connectivity index (χ4v) is 4.94. The Balaban J connectivity index is 1.65. The molecule has 1 aliphatic heterocycles. The molecular formula is C20H21ClN4O2S. The van der Waals surface area contributed by atoms with Crippen LogP contribution in [-0.2, 0) is 11.3 Å². The van der Waals surface area contributed by atoms with Crippen LogP contribution < -0.4 is 5.73 Å². The smallest absolute Gasteiger partial charge is 0.264 e. The number of likely N-dealkylation sites (tertiary alicyclic amines) is 1. The van der Waals surface area contributed by atoms with Crippen molar-refractivity contribution in [2.24, 2.45) is 5.73 Å². The maximum atomic E-state index is 13.1. The van der Waals surface area contributed by atoms with Crippen molar-refractivity contribution in [3.05, 3.63) is 51.5 Å². The quantitative estimate of drug-likeness (QED) is 0.705. The third-order valence-corrected chi connectivity index (χ3v) is 6.54. The van der Waals surface area contributed by atoms with Crippen molar-refractivity contribution in [1.29, 1.82) is 0 Å². The van der Waals surface area contributed by atoms with Gasteiger partial charge in [0, 0.05) is 17.0 Å². The van der Waals surface area contributed by atoms with Gasteiger partial charge in [0.15, 0.2) is 0 Å². The molecule has 0 bridgehead atoms. The number of fused-ring (bicyclic) bond motifs is 1. The van der Waals surface area contributed by atoms with E-state index in [-0.39, 0.29) is 5.91 Å². The Morgan fingerprint density at radius 3 is 2.75 bits per heavy atom. The molecule has 4 rings (SSSR count). The van der Waals surface area contributed by atoms with Gasteiger partial charge in [-0.25, -0.2) is 0 Å². The highest BCUT2D eigenvalue weighted by Crippen LogP contribution is 2.31. The molecule has 0 saturated carbocycles. The molecule has 0 radical (unpaired) electrons. The van der Waals surface area contributed by atoms with E-state index in [0.717, 1.165) is 34.3 Å². The minimum absolute atomic E-state index is 0.123. The number of aryl methyl sites for hydroxylation is 1. The van der Waals surface area contributed by atoms with E-state index in [0.29, 0.717) is 29.4 Å². The van der Waals surface area contributed by atoms with Crippen LogP contribution in [-0.4, -0.2) is 39.1 Å². The number of halogens is 1. The Kier molecular flexibility index (Phi) is 5.12. The zero-order valence-electron chi connectivity index (χ0n) is 15.5. The molecule has 1 atom stereocenters. The minimum Gasteiger partial charge on any atom is -0.368 e. The van der Waals surface area contributed by atoms with Gasteiger partial charge in [-0.15, -0.1) is 11.3 Å². The molecule has 3 heterocycles. The van der Waals surface area contributed by atoms with Crippen LogP contribution >= 0.6 is 22.9 Å². The number of hydrogen-bond acceptors (Lipinski definition) is 4. The van der Waals surface area contributed by atoms with Crippen molar-refractivity contribution >= 4 is 45.0 Å². The molecule has 146 valence electrons. The molecule has 28 heavy (non-hydrogen) atoms. The Labute approximate surface area is 171 Å². The number of carbonyl (C=O) groups is 2. The SMILES string of the molecule is Cc1nn(Cc2ccc(Cl)cc2)c2sc(C(=O)N3CCCCC3C(N)=O)cc12. The summed E-state index contributed by atoms with van der Waals surface area (Å²) in [5.41, 5.74) is 7.48. The molecule has 2 amide bonds. The van der Waals surface area contributed by atoms with Crippen molar-refractivity contribution in [2.75, 3.05) is 6.54 Å². The van der Waals surface area contributed by atoms with Gasteiger partial charge in [-0.2, -0.15) is 5.10 Å². The third kappa shape index (κ3) is 3.52. The van der Waals surface area contributed by atoms with Gasteiger partial charge in [0.1, 0.15) is 10.9 Å². The predicted molar refractivity (Wildman–Crippen MR) is 111 cm³/mol. The zero-order chi connectivity index (χ0) is 19.8. The van der Waals surface area contributed by atoms with Gasteiger partial charge in [-0.05, 0) is 49.9 Å². The van der Waals surface area contributed by atoms with Gasteiger partial charge in [0.05, 0.1) is 17.1 Å². The summed E-state index contributed by atoms with van der Waals surface area (Å²) in [5, 5.41) is 6.28. The zero-order valence-corrected chi connectivity index (χ0v) is 17.1. The molecule has 2 aromatic heterocycles. The van der Waals surface area contributed by atoms with Crippen LogP contribution in [0.2, 0.25) is 5.02 Å². The second-order valence-electron chi connectivity index (χ2n) is 7.11. The van der Waals surface area contributed by atoms with E-state index in [1.165, 1.54) is 11.3 Å². The van der Waals surface area contributed by atoms with Crippen LogP contribution in [0.3, 0.4) is 0 Å². The van der Waals surface area contributed by atoms with Crippen molar-refractivity contribution in [3.63, 3.8) is 0 Å². The molecular weight excluding hydrogens is 396 g/mol. The summed E-state index contributed by atoms with van der Waals surface area (Å²) in [5.74, 6) is -0.554. The first-order valence-corrected chi connectivity index (χ1v) is 10.4. The van der Waals surface area contributed by atoms with E-state index in [9.17, 15) is 9.59 Å². The maximum absolute atomic E-state index is 13.1. The monoisotopic (exact) mass is 416 g/mol. The van der Waals surface area contributed by atoms with Crippen molar-refractivity contribution in [2.45, 2.75) is 38.8 Å². The molecule has 1 saturated heterocycles. The highest BCUT2D eigenvalue weighted by Gasteiger charge is 2.32. The number of thiophene rings is 1. The van der Waals surface area contributed by atoms with Crippen LogP contribution in [0.15, 0.2) is 30.3 Å². The molecule has 0 aliphatic carbocycles. The van der Waals surface area contributed by atoms with Crippen molar-refractivity contribution in [1.82, 2.24) is 14.7 Å². The third-order valence-electron chi connectivity index (χ3n) is 5.16. The number of nitrogens with two attached hydrogens (primary N) is 1. The van der Waals surface area contributed by atoms with Crippen molar-refractivity contribution < 1.29 is 9.59 Å². The summed E-state index contributed by atoms with van der Waals surface area (Å²) < 4.78 is 1.91. The van der Waals surface area contributed by atoms with Gasteiger partial charge in [0.2, 0.25) is 5.91 Å². The fraction of sp³-hybridized carbons (Fsp3) is 0.350. The number of nitrogens with zero attached hydrogens (tertiary/aromatic N) is 3. The predicted octanol–water partition coefficient (Wildman–Crippen LogP) is 3.59. The Morgan fingerprint density at radius 1 is 1.29 bits per heavy atom. The van der Waals surface area contributed by atoms with E-state index in [4.69, 9.17) is 17.3 Å². The molecule has 0 spiro atoms. The standard InChI is InChI=1S/C20H21ClN4O2S/c1-12-15-10-17(19(27)24-9-3-2-4-16(24)18(22)26)28-20(15)25(23-12)11-13-5-7-14(21)8-6-13/h5-8,10,16H,2-4,9,11H2,1H3,(H2,22,26). The van der Waals surface area contributed by atoms with Gasteiger partial charge in [-0.3, -0.25) is 14.3 Å². The lowest BCUT2D eigenvalue weighted by Gasteiger charge is -2.33. The largest absolute Gasteiger partial charge is 0.368 e. The lowest BCUT2D eigenvalue weighted by Crippen LogP contribution is -2.50. The number of amides is 2. The number of benzene rings is 1. The first-order chi connectivity index (χ1) is 13.4. The summed E-state index contributed by atoms with van der Waals surface area (Å²) in [7, 11) is 0. The fourth-order valence-electron chi connectivity index (χ4n) is 3.70. The van der Waals surface area contributed by atoms with Crippen LogP contribution in [0, 0.1) is 6.92 Å². The first kappa shape index (κ1) is 19.0. The number of piperidine rings is 1. The highest BCUT2D eigenvalue weighted by atomic mass is 35.5. The number of aromatic nitrogens is 2. The Bertz CT molecular complexity index is 1040. The van der Waals surface area contributed by atoms with E-state index >= 15 is 0 Å². The summed E-state index contributed by atoms with van der Waals surface area (Å²) >= 11 is 7.38. The molecule has 8 heteroatoms. The lowest BCUT2D eigenvalue weighted by atomic mass is 10.0. The Morgan fingerprint density at radius 2 is 2.04 bits per heavy atom. The number of rotatable bonds is 4. The molecule has 3 aromatic rings. The van der Waals surface area contributed by atoms with Crippen LogP contribution in [0.1, 0.15) is 40.2 Å². The lowest BCUT2D eigenvalue weighted by molar-refractivity contribution is -0.123. The molecule has 1 unspecified atom stereocenters. The summed E-state index contributed by atoms with van der Waals surface area (Å²) in [6.07, 6.45) is 2.44. The van der Waals surface area contributed by atoms with E-state index < -0.39 is 11.9 Å². The normalized spacial score (nSPS) is 17.2. The topological polar surface area (TPSA) is 81.2 Å². The number of carbonyl (C=O) groups excluding carboxylic acids is 2. The van der Waals surface area contributed by atoms with E-state index in [1.807, 2.05) is 41.9 Å². The van der Waals surface area contributed by atoms with Gasteiger partial charge in [0.25, 0.3) is 5.91 Å². The summed E-state index contributed by atoms with van der Waals surface area (Å²) in [6.45, 7) is 3.11. The van der Waals surface area contributed by atoms with Gasteiger partial charge in [-0.1, -0.05) is 23.7 Å². The number of hydrogen-bond donors (Lipinski definition) is 1. The molecule has 1 aliphatic rings. The summed E-state index contributed by atoms with van der Waals surface area (Å²) in [4.78, 5) is 28.0. The minimum atomic E-state index is -0.516. The van der Waals surface area contributed by atoms with E-state index in [1.54, 1.807) is 4.90 Å². The average Bonchev–Trinajstić information content (AvgIpc) is 3.24. The second kappa shape index (κ2) is 7.56. The average molecular weight is 417 g/mol. The van der Waals surface area contributed by atoms with Gasteiger partial charge < -0.3 is 10.6 Å². The maximum Gasteiger partial charge on any atom is 0.264 e. The summed E-state index contributed by atoms with van der Waals surface area (Å²) in [6, 6.07) is 9.02. The number of primary amides is 1. The van der Waals surface area contributed by atoms with Crippen molar-refractivity contribution in [3.8, 4) is 0 Å². The van der Waals surface area contributed by atoms with Crippen LogP contribution in [0.5, 0.6) is 0 Å². The second-order valence-corrected chi connectivity index (χ2v) is 8.58. The highest BCUT2D eigenvalue weighted by molar-refractivity contribution is 7.20. The van der Waals surface area contributed by atoms with Crippen LogP contribution in [0.4, 0.5) is 0 Å². The molecule has 6 nitrogen and oxygen atoms in total. The van der Waals surface area contributed by atoms with E-state index in [2.05, 4.69) is 5.10 Å². The molecule has 1 aromatic carbocycles. The van der Waals surface area contributed by atoms with Crippen LogP contribution in [0.25, 0.3) is 10.2 Å².